The summed E-state index contributed by atoms with van der Waals surface area (Å²) in [5.41, 5.74) is 20.2. The predicted octanol–water partition coefficient (Wildman–Crippen LogP) is -0.0502. The van der Waals surface area contributed by atoms with Gasteiger partial charge in [0.2, 0.25) is 17.7 Å². The summed E-state index contributed by atoms with van der Waals surface area (Å²) in [5, 5.41) is 5.66. The Hall–Kier alpha value is -3.47. The van der Waals surface area contributed by atoms with Crippen LogP contribution in [0.15, 0.2) is 54.6 Å². The second-order valence-electron chi connectivity index (χ2n) is 9.13. The number of aryl methyl sites for hydroxylation is 1. The SMILES string of the molecule is CN(C)c1ccc(CNC(=O)[C@H](CCc2ccccc2)NC(=O)[C@@H](N)CC(=O)N(CCN)CCN)cc1. The molecule has 2 rings (SSSR count). The van der Waals surface area contributed by atoms with Gasteiger partial charge in [0.25, 0.3) is 0 Å². The number of benzene rings is 2. The first-order valence-electron chi connectivity index (χ1n) is 12.6. The first-order chi connectivity index (χ1) is 17.7. The van der Waals surface area contributed by atoms with E-state index in [0.29, 0.717) is 32.5 Å². The third-order valence-electron chi connectivity index (χ3n) is 6.00. The number of carbonyl (C=O) groups excluding carboxylic acids is 3. The monoisotopic (exact) mass is 511 g/mol. The van der Waals surface area contributed by atoms with Gasteiger partial charge in [-0.2, -0.15) is 0 Å². The maximum Gasteiger partial charge on any atom is 0.242 e. The molecule has 0 aliphatic carbocycles. The molecule has 3 amide bonds. The van der Waals surface area contributed by atoms with Gasteiger partial charge in [-0.25, -0.2) is 0 Å². The Kier molecular flexibility index (Phi) is 12.5. The van der Waals surface area contributed by atoms with Gasteiger partial charge >= 0.3 is 0 Å². The minimum atomic E-state index is -1.10. The number of hydrogen-bond acceptors (Lipinski definition) is 7. The van der Waals surface area contributed by atoms with Crippen molar-refractivity contribution >= 4 is 23.4 Å². The highest BCUT2D eigenvalue weighted by atomic mass is 16.2. The fourth-order valence-electron chi connectivity index (χ4n) is 3.81. The molecule has 0 fully saturated rings. The molecule has 2 aromatic rings. The molecule has 0 saturated heterocycles. The highest BCUT2D eigenvalue weighted by molar-refractivity contribution is 5.92. The predicted molar refractivity (Wildman–Crippen MR) is 147 cm³/mol. The Morgan fingerprint density at radius 1 is 0.865 bits per heavy atom. The molecule has 37 heavy (non-hydrogen) atoms. The highest BCUT2D eigenvalue weighted by Gasteiger charge is 2.26. The molecule has 0 aliphatic heterocycles. The minimum Gasteiger partial charge on any atom is -0.378 e. The van der Waals surface area contributed by atoms with Crippen LogP contribution in [0.4, 0.5) is 5.69 Å². The van der Waals surface area contributed by atoms with E-state index in [-0.39, 0.29) is 31.3 Å². The lowest BCUT2D eigenvalue weighted by atomic mass is 10.0. The van der Waals surface area contributed by atoms with Gasteiger partial charge < -0.3 is 37.6 Å². The molecule has 0 radical (unpaired) electrons. The van der Waals surface area contributed by atoms with E-state index in [1.807, 2.05) is 73.6 Å². The van der Waals surface area contributed by atoms with Crippen molar-refractivity contribution in [3.8, 4) is 0 Å². The standard InChI is InChI=1S/C27H41N7O3/c1-33(2)22-11-8-21(9-12-22)19-31-27(37)24(13-10-20-6-4-3-5-7-20)32-26(36)23(30)18-25(35)34(16-14-28)17-15-29/h3-9,11-12,23-24H,10,13-19,28-30H2,1-2H3,(H,31,37)(H,32,36)/t23-,24-/m0/s1. The lowest BCUT2D eigenvalue weighted by molar-refractivity contribution is -0.135. The van der Waals surface area contributed by atoms with Crippen molar-refractivity contribution in [2.24, 2.45) is 17.2 Å². The van der Waals surface area contributed by atoms with Crippen molar-refractivity contribution in [2.75, 3.05) is 45.2 Å². The topological polar surface area (TPSA) is 160 Å². The first kappa shape index (κ1) is 29.8. The van der Waals surface area contributed by atoms with Gasteiger partial charge in [-0.05, 0) is 36.1 Å². The van der Waals surface area contributed by atoms with Crippen LogP contribution in [0.1, 0.15) is 24.0 Å². The molecule has 0 aromatic heterocycles. The zero-order valence-electron chi connectivity index (χ0n) is 21.9. The van der Waals surface area contributed by atoms with Crippen molar-refractivity contribution in [3.63, 3.8) is 0 Å². The molecule has 0 saturated carbocycles. The number of carbonyl (C=O) groups is 3. The fourth-order valence-corrected chi connectivity index (χ4v) is 3.81. The summed E-state index contributed by atoms with van der Waals surface area (Å²) >= 11 is 0. The third kappa shape index (κ3) is 10.2. The molecule has 0 unspecified atom stereocenters. The Bertz CT molecular complexity index is 977. The van der Waals surface area contributed by atoms with E-state index in [2.05, 4.69) is 10.6 Å². The molecule has 10 nitrogen and oxygen atoms in total. The van der Waals surface area contributed by atoms with Crippen molar-refractivity contribution in [3.05, 3.63) is 65.7 Å². The summed E-state index contributed by atoms with van der Waals surface area (Å²) in [7, 11) is 3.92. The zero-order chi connectivity index (χ0) is 27.2. The Balaban J connectivity index is 2.03. The Morgan fingerprint density at radius 2 is 1.49 bits per heavy atom. The van der Waals surface area contributed by atoms with Crippen LogP contribution in [0.2, 0.25) is 0 Å². The number of amides is 3. The van der Waals surface area contributed by atoms with Gasteiger partial charge in [0.15, 0.2) is 0 Å². The van der Waals surface area contributed by atoms with Gasteiger partial charge in [-0.1, -0.05) is 42.5 Å². The van der Waals surface area contributed by atoms with Crippen molar-refractivity contribution in [1.29, 1.82) is 0 Å². The largest absolute Gasteiger partial charge is 0.378 e. The average molecular weight is 512 g/mol. The molecule has 2 atom stereocenters. The highest BCUT2D eigenvalue weighted by Crippen LogP contribution is 2.12. The molecule has 0 bridgehead atoms. The summed E-state index contributed by atoms with van der Waals surface area (Å²) in [6.07, 6.45) is 0.775. The number of nitrogens with zero attached hydrogens (tertiary/aromatic N) is 2. The summed E-state index contributed by atoms with van der Waals surface area (Å²) in [5.74, 6) is -1.17. The van der Waals surface area contributed by atoms with E-state index in [1.165, 1.54) is 4.90 Å². The molecule has 202 valence electrons. The summed E-state index contributed by atoms with van der Waals surface area (Å²) in [6, 6.07) is 15.7. The molecule has 0 spiro atoms. The molecule has 0 heterocycles. The molecular weight excluding hydrogens is 470 g/mol. The van der Waals surface area contributed by atoms with Crippen LogP contribution in [0, 0.1) is 0 Å². The molecular formula is C27H41N7O3. The fraction of sp³-hybridized carbons (Fsp3) is 0.444. The lowest BCUT2D eigenvalue weighted by Crippen LogP contribution is -2.53. The smallest absolute Gasteiger partial charge is 0.242 e. The zero-order valence-corrected chi connectivity index (χ0v) is 21.9. The number of rotatable bonds is 15. The van der Waals surface area contributed by atoms with Crippen LogP contribution in [0.5, 0.6) is 0 Å². The van der Waals surface area contributed by atoms with E-state index in [4.69, 9.17) is 17.2 Å². The summed E-state index contributed by atoms with van der Waals surface area (Å²) in [6.45, 7) is 1.56. The van der Waals surface area contributed by atoms with Crippen LogP contribution < -0.4 is 32.7 Å². The van der Waals surface area contributed by atoms with Crippen molar-refractivity contribution < 1.29 is 14.4 Å². The van der Waals surface area contributed by atoms with Gasteiger partial charge in [-0.3, -0.25) is 14.4 Å². The van der Waals surface area contributed by atoms with Gasteiger partial charge in [0.05, 0.1) is 12.5 Å². The van der Waals surface area contributed by atoms with Crippen LogP contribution in [0.3, 0.4) is 0 Å². The van der Waals surface area contributed by atoms with Gasteiger partial charge in [0.1, 0.15) is 6.04 Å². The van der Waals surface area contributed by atoms with Crippen molar-refractivity contribution in [1.82, 2.24) is 15.5 Å². The van der Waals surface area contributed by atoms with E-state index in [1.54, 1.807) is 0 Å². The minimum absolute atomic E-state index is 0.197. The van der Waals surface area contributed by atoms with Crippen molar-refractivity contribution in [2.45, 2.75) is 37.9 Å². The molecule has 10 heteroatoms. The van der Waals surface area contributed by atoms with E-state index in [9.17, 15) is 14.4 Å². The summed E-state index contributed by atoms with van der Waals surface area (Å²) in [4.78, 5) is 42.0. The average Bonchev–Trinajstić information content (AvgIpc) is 2.90. The van der Waals surface area contributed by atoms with E-state index >= 15 is 0 Å². The molecule has 8 N–H and O–H groups in total. The number of nitrogens with one attached hydrogen (secondary N) is 2. The molecule has 0 aliphatic rings. The van der Waals surface area contributed by atoms with E-state index < -0.39 is 18.0 Å². The lowest BCUT2D eigenvalue weighted by Gasteiger charge is -2.24. The van der Waals surface area contributed by atoms with Gasteiger partial charge in [-0.15, -0.1) is 0 Å². The Labute approximate surface area is 219 Å². The second kappa shape index (κ2) is 15.6. The molecule has 2 aromatic carbocycles. The second-order valence-corrected chi connectivity index (χ2v) is 9.13. The maximum absolute atomic E-state index is 13.1. The maximum atomic E-state index is 13.1. The van der Waals surface area contributed by atoms with Crippen LogP contribution >= 0.6 is 0 Å². The Morgan fingerprint density at radius 3 is 2.05 bits per heavy atom. The number of anilines is 1. The quantitative estimate of drug-likeness (QED) is 0.224. The number of hydrogen-bond donors (Lipinski definition) is 5. The van der Waals surface area contributed by atoms with E-state index in [0.717, 1.165) is 16.8 Å². The normalized spacial score (nSPS) is 12.4. The van der Waals surface area contributed by atoms with Crippen LogP contribution in [-0.2, 0) is 27.3 Å². The van der Waals surface area contributed by atoms with Crippen LogP contribution in [-0.4, -0.2) is 75.0 Å². The summed E-state index contributed by atoms with van der Waals surface area (Å²) < 4.78 is 0. The number of nitrogens with two attached hydrogens (primary N) is 3. The first-order valence-corrected chi connectivity index (χ1v) is 12.6. The third-order valence-corrected chi connectivity index (χ3v) is 6.00. The van der Waals surface area contributed by atoms with Crippen LogP contribution in [0.25, 0.3) is 0 Å². The van der Waals surface area contributed by atoms with Gasteiger partial charge in [0, 0.05) is 52.5 Å².